The Morgan fingerprint density at radius 2 is 1.64 bits per heavy atom. The normalized spacial score (nSPS) is 16.8. The van der Waals surface area contributed by atoms with Gasteiger partial charge in [-0.05, 0) is 80.4 Å². The minimum atomic E-state index is -3.56. The van der Waals surface area contributed by atoms with E-state index in [9.17, 15) is 13.2 Å². The Bertz CT molecular complexity index is 1210. The summed E-state index contributed by atoms with van der Waals surface area (Å²) >= 11 is 1.26. The number of nitrogens with one attached hydrogen (secondary N) is 2. The number of sulfonamides is 1. The second-order valence-electron chi connectivity index (χ2n) is 7.99. The molecule has 2 heterocycles. The van der Waals surface area contributed by atoms with Crippen molar-refractivity contribution in [3.63, 3.8) is 0 Å². The number of benzene rings is 2. The average molecular weight is 486 g/mol. The highest BCUT2D eigenvalue weighted by Crippen LogP contribution is 2.29. The lowest BCUT2D eigenvalue weighted by Gasteiger charge is -2.30. The summed E-state index contributed by atoms with van der Waals surface area (Å²) in [5, 5.41) is 6.23. The smallest absolute Gasteiger partial charge is 0.252 e. The summed E-state index contributed by atoms with van der Waals surface area (Å²) in [5.41, 5.74) is 2.49. The molecule has 1 fully saturated rings. The van der Waals surface area contributed by atoms with E-state index < -0.39 is 10.0 Å². The monoisotopic (exact) mass is 485 g/mol. The summed E-state index contributed by atoms with van der Waals surface area (Å²) < 4.78 is 32.8. The Morgan fingerprint density at radius 3 is 2.24 bits per heavy atom. The molecule has 0 bridgehead atoms. The van der Waals surface area contributed by atoms with Gasteiger partial charge in [0.2, 0.25) is 5.91 Å². The Hall–Kier alpha value is -2.88. The lowest BCUT2D eigenvalue weighted by Crippen LogP contribution is -2.43. The van der Waals surface area contributed by atoms with Crippen LogP contribution in [0.3, 0.4) is 0 Å². The number of anilines is 3. The summed E-state index contributed by atoms with van der Waals surface area (Å²) in [4.78, 5) is 13.8. The summed E-state index contributed by atoms with van der Waals surface area (Å²) in [7, 11) is -1.94. The molecule has 1 saturated heterocycles. The van der Waals surface area contributed by atoms with Crippen molar-refractivity contribution in [3.8, 4) is 5.75 Å². The molecule has 33 heavy (non-hydrogen) atoms. The zero-order chi connectivity index (χ0) is 23.4. The second kappa shape index (κ2) is 9.94. The number of carbonyl (C=O) groups excluding carboxylic acids is 1. The van der Waals surface area contributed by atoms with Gasteiger partial charge >= 0.3 is 0 Å². The van der Waals surface area contributed by atoms with Crippen LogP contribution in [0.2, 0.25) is 0 Å². The van der Waals surface area contributed by atoms with E-state index in [0.29, 0.717) is 29.3 Å². The van der Waals surface area contributed by atoms with Gasteiger partial charge in [-0.15, -0.1) is 11.3 Å². The van der Waals surface area contributed by atoms with Crippen LogP contribution in [0.25, 0.3) is 0 Å². The van der Waals surface area contributed by atoms with E-state index in [0.717, 1.165) is 22.0 Å². The standard InChI is InChI=1S/C24H27N3O4S2/c1-17-5-14-23(32-17)33(29,30)27-15-3-4-18(16-27)24(28)26-21-8-6-19(7-9-21)25-20-10-12-22(31-2)13-11-20/h5-14,18,25H,3-4,15-16H2,1-2H3,(H,26,28). The fourth-order valence-electron chi connectivity index (χ4n) is 3.77. The number of carbonyl (C=O) groups is 1. The summed E-state index contributed by atoms with van der Waals surface area (Å²) in [6.45, 7) is 2.52. The third-order valence-corrected chi connectivity index (χ3v) is 8.93. The topological polar surface area (TPSA) is 87.7 Å². The SMILES string of the molecule is COc1ccc(Nc2ccc(NC(=O)C3CCCN(S(=O)(=O)c4ccc(C)s4)C3)cc2)cc1. The molecular formula is C24H27N3O4S2. The maximum absolute atomic E-state index is 12.9. The van der Waals surface area contributed by atoms with E-state index in [-0.39, 0.29) is 18.4 Å². The number of amides is 1. The third-order valence-electron chi connectivity index (χ3n) is 5.60. The van der Waals surface area contributed by atoms with Gasteiger partial charge in [-0.2, -0.15) is 4.31 Å². The molecule has 9 heteroatoms. The molecule has 2 aromatic carbocycles. The van der Waals surface area contributed by atoms with Gasteiger partial charge in [-0.1, -0.05) is 0 Å². The molecule has 0 aliphatic carbocycles. The molecule has 1 atom stereocenters. The van der Waals surface area contributed by atoms with Crippen LogP contribution in [0.4, 0.5) is 17.1 Å². The van der Waals surface area contributed by atoms with Crippen molar-refractivity contribution in [1.29, 1.82) is 0 Å². The van der Waals surface area contributed by atoms with Gasteiger partial charge in [-0.3, -0.25) is 4.79 Å². The van der Waals surface area contributed by atoms with Crippen LogP contribution >= 0.6 is 11.3 Å². The molecule has 1 aliphatic rings. The fourth-order valence-corrected chi connectivity index (χ4v) is 6.74. The van der Waals surface area contributed by atoms with Crippen LogP contribution < -0.4 is 15.4 Å². The lowest BCUT2D eigenvalue weighted by molar-refractivity contribution is -0.120. The molecule has 1 aliphatic heterocycles. The van der Waals surface area contributed by atoms with Crippen molar-refractivity contribution in [1.82, 2.24) is 4.31 Å². The predicted molar refractivity (Wildman–Crippen MR) is 132 cm³/mol. The quantitative estimate of drug-likeness (QED) is 0.500. The lowest BCUT2D eigenvalue weighted by atomic mass is 9.98. The Labute approximate surface area is 198 Å². The first-order chi connectivity index (χ1) is 15.8. The van der Waals surface area contributed by atoms with Gasteiger partial charge in [0.25, 0.3) is 10.0 Å². The minimum absolute atomic E-state index is 0.159. The van der Waals surface area contributed by atoms with Crippen molar-refractivity contribution in [2.45, 2.75) is 24.0 Å². The molecule has 0 radical (unpaired) electrons. The van der Waals surface area contributed by atoms with Gasteiger partial charge in [0, 0.05) is 35.0 Å². The maximum atomic E-state index is 12.9. The zero-order valence-electron chi connectivity index (χ0n) is 18.6. The minimum Gasteiger partial charge on any atom is -0.497 e. The first-order valence-corrected chi connectivity index (χ1v) is 13.0. The molecule has 3 aromatic rings. The van der Waals surface area contributed by atoms with Gasteiger partial charge in [0.05, 0.1) is 13.0 Å². The molecular weight excluding hydrogens is 458 g/mol. The molecule has 7 nitrogen and oxygen atoms in total. The van der Waals surface area contributed by atoms with Gasteiger partial charge in [0.15, 0.2) is 0 Å². The fraction of sp³-hybridized carbons (Fsp3) is 0.292. The maximum Gasteiger partial charge on any atom is 0.252 e. The molecule has 0 saturated carbocycles. The first kappa shape index (κ1) is 23.3. The van der Waals surface area contributed by atoms with Crippen LogP contribution in [0.5, 0.6) is 5.75 Å². The van der Waals surface area contributed by atoms with Crippen LogP contribution in [0.15, 0.2) is 64.9 Å². The highest BCUT2D eigenvalue weighted by Gasteiger charge is 2.34. The predicted octanol–water partition coefficient (Wildman–Crippen LogP) is 4.85. The number of rotatable bonds is 7. The van der Waals surface area contributed by atoms with Gasteiger partial charge in [0.1, 0.15) is 9.96 Å². The number of aryl methyl sites for hydroxylation is 1. The zero-order valence-corrected chi connectivity index (χ0v) is 20.2. The number of piperidine rings is 1. The van der Waals surface area contributed by atoms with E-state index in [2.05, 4.69) is 10.6 Å². The molecule has 1 amide bonds. The van der Waals surface area contributed by atoms with E-state index in [4.69, 9.17) is 4.74 Å². The summed E-state index contributed by atoms with van der Waals surface area (Å²) in [6.07, 6.45) is 1.32. The summed E-state index contributed by atoms with van der Waals surface area (Å²) in [5.74, 6) is 0.248. The van der Waals surface area contributed by atoms with Crippen LogP contribution in [0, 0.1) is 12.8 Å². The molecule has 4 rings (SSSR count). The van der Waals surface area contributed by atoms with Crippen molar-refractivity contribution in [2.75, 3.05) is 30.8 Å². The van der Waals surface area contributed by atoms with Crippen LogP contribution in [-0.4, -0.2) is 38.8 Å². The van der Waals surface area contributed by atoms with Crippen molar-refractivity contribution in [2.24, 2.45) is 5.92 Å². The van der Waals surface area contributed by atoms with Crippen LogP contribution in [0.1, 0.15) is 17.7 Å². The Morgan fingerprint density at radius 1 is 1.00 bits per heavy atom. The number of methoxy groups -OCH3 is 1. The van der Waals surface area contributed by atoms with E-state index >= 15 is 0 Å². The van der Waals surface area contributed by atoms with Crippen molar-refractivity contribution < 1.29 is 17.9 Å². The highest BCUT2D eigenvalue weighted by molar-refractivity contribution is 7.91. The first-order valence-electron chi connectivity index (χ1n) is 10.7. The number of thiophene rings is 1. The molecule has 1 aromatic heterocycles. The molecule has 0 spiro atoms. The Balaban J connectivity index is 1.36. The average Bonchev–Trinajstić information content (AvgIpc) is 3.28. The largest absolute Gasteiger partial charge is 0.497 e. The molecule has 2 N–H and O–H groups in total. The third kappa shape index (κ3) is 5.55. The Kier molecular flexibility index (Phi) is 7.02. The number of ether oxygens (including phenoxy) is 1. The number of hydrogen-bond donors (Lipinski definition) is 2. The van der Waals surface area contributed by atoms with Gasteiger partial charge < -0.3 is 15.4 Å². The number of nitrogens with zero attached hydrogens (tertiary/aromatic N) is 1. The van der Waals surface area contributed by atoms with Crippen molar-refractivity contribution in [3.05, 3.63) is 65.5 Å². The molecule has 1 unspecified atom stereocenters. The second-order valence-corrected chi connectivity index (χ2v) is 11.4. The summed E-state index contributed by atoms with van der Waals surface area (Å²) in [6, 6.07) is 18.5. The van der Waals surface area contributed by atoms with E-state index in [1.54, 1.807) is 19.2 Å². The number of hydrogen-bond acceptors (Lipinski definition) is 6. The molecule has 174 valence electrons. The van der Waals surface area contributed by atoms with Gasteiger partial charge in [-0.25, -0.2) is 8.42 Å². The van der Waals surface area contributed by atoms with E-state index in [1.165, 1.54) is 15.6 Å². The highest BCUT2D eigenvalue weighted by atomic mass is 32.2. The van der Waals surface area contributed by atoms with Crippen LogP contribution in [-0.2, 0) is 14.8 Å². The van der Waals surface area contributed by atoms with Crippen molar-refractivity contribution >= 4 is 44.3 Å². The van der Waals surface area contributed by atoms with E-state index in [1.807, 2.05) is 55.5 Å².